The van der Waals surface area contributed by atoms with Gasteiger partial charge in [0.25, 0.3) is 5.91 Å². The Bertz CT molecular complexity index is 799. The number of benzene rings is 1. The SMILES string of the molecule is COC(=O)c1cccc(Nc2ccnc(C(=O)NC3CCCCCC3)c2)c1. The molecular formula is C21H25N3O3. The fourth-order valence-corrected chi connectivity index (χ4v) is 3.32. The molecule has 0 radical (unpaired) electrons. The van der Waals surface area contributed by atoms with Crippen LogP contribution in [0.2, 0.25) is 0 Å². The molecule has 0 atom stereocenters. The number of nitrogens with zero attached hydrogens (tertiary/aromatic N) is 1. The summed E-state index contributed by atoms with van der Waals surface area (Å²) in [4.78, 5) is 28.4. The van der Waals surface area contributed by atoms with Crippen LogP contribution in [0.1, 0.15) is 59.4 Å². The highest BCUT2D eigenvalue weighted by molar-refractivity contribution is 5.93. The molecule has 0 unspecified atom stereocenters. The summed E-state index contributed by atoms with van der Waals surface area (Å²) in [5, 5.41) is 6.31. The maximum absolute atomic E-state index is 12.5. The van der Waals surface area contributed by atoms with E-state index in [0.29, 0.717) is 11.3 Å². The van der Waals surface area contributed by atoms with E-state index in [-0.39, 0.29) is 11.9 Å². The number of amides is 1. The van der Waals surface area contributed by atoms with Crippen molar-refractivity contribution in [3.63, 3.8) is 0 Å². The molecule has 1 aliphatic rings. The highest BCUT2D eigenvalue weighted by atomic mass is 16.5. The van der Waals surface area contributed by atoms with Gasteiger partial charge in [-0.15, -0.1) is 0 Å². The molecule has 3 rings (SSSR count). The van der Waals surface area contributed by atoms with Crippen LogP contribution in [-0.2, 0) is 4.74 Å². The Morgan fingerprint density at radius 3 is 2.52 bits per heavy atom. The summed E-state index contributed by atoms with van der Waals surface area (Å²) in [5.41, 5.74) is 2.31. The topological polar surface area (TPSA) is 80.3 Å². The Morgan fingerprint density at radius 1 is 1.04 bits per heavy atom. The van der Waals surface area contributed by atoms with Crippen molar-refractivity contribution in [3.8, 4) is 0 Å². The van der Waals surface area contributed by atoms with Gasteiger partial charge in [0.05, 0.1) is 12.7 Å². The molecule has 1 amide bonds. The van der Waals surface area contributed by atoms with Crippen LogP contribution in [-0.4, -0.2) is 30.0 Å². The first kappa shape index (κ1) is 18.9. The molecule has 1 aromatic carbocycles. The first-order valence-electron chi connectivity index (χ1n) is 9.38. The van der Waals surface area contributed by atoms with E-state index < -0.39 is 5.97 Å². The molecule has 6 nitrogen and oxygen atoms in total. The average molecular weight is 367 g/mol. The minimum absolute atomic E-state index is 0.145. The number of esters is 1. The summed E-state index contributed by atoms with van der Waals surface area (Å²) >= 11 is 0. The molecule has 1 aromatic heterocycles. The zero-order chi connectivity index (χ0) is 19.1. The highest BCUT2D eigenvalue weighted by Gasteiger charge is 2.17. The van der Waals surface area contributed by atoms with Crippen molar-refractivity contribution in [3.05, 3.63) is 53.9 Å². The second-order valence-corrected chi connectivity index (χ2v) is 6.79. The van der Waals surface area contributed by atoms with Gasteiger partial charge in [0, 0.05) is 23.6 Å². The van der Waals surface area contributed by atoms with Crippen LogP contribution in [0.3, 0.4) is 0 Å². The van der Waals surface area contributed by atoms with Gasteiger partial charge in [-0.25, -0.2) is 4.79 Å². The van der Waals surface area contributed by atoms with E-state index in [2.05, 4.69) is 15.6 Å². The van der Waals surface area contributed by atoms with Crippen molar-refractivity contribution in [1.82, 2.24) is 10.3 Å². The standard InChI is InChI=1S/C21H25N3O3/c1-27-21(26)15-7-6-10-17(13-15)23-18-11-12-22-19(14-18)20(25)24-16-8-4-2-3-5-9-16/h6-7,10-14,16H,2-5,8-9H2,1H3,(H,22,23)(H,24,25). The maximum Gasteiger partial charge on any atom is 0.337 e. The van der Waals surface area contributed by atoms with E-state index >= 15 is 0 Å². The highest BCUT2D eigenvalue weighted by Crippen LogP contribution is 2.20. The van der Waals surface area contributed by atoms with Crippen molar-refractivity contribution in [2.45, 2.75) is 44.6 Å². The monoisotopic (exact) mass is 367 g/mol. The summed E-state index contributed by atoms with van der Waals surface area (Å²) in [7, 11) is 1.35. The van der Waals surface area contributed by atoms with Gasteiger partial charge in [0.1, 0.15) is 5.69 Å². The Labute approximate surface area is 159 Å². The molecule has 1 aliphatic carbocycles. The summed E-state index contributed by atoms with van der Waals surface area (Å²) in [5.74, 6) is -0.536. The predicted octanol–water partition coefficient (Wildman–Crippen LogP) is 4.06. The first-order chi connectivity index (χ1) is 13.2. The Morgan fingerprint density at radius 2 is 1.78 bits per heavy atom. The molecule has 0 spiro atoms. The number of methoxy groups -OCH3 is 1. The van der Waals surface area contributed by atoms with Crippen molar-refractivity contribution < 1.29 is 14.3 Å². The van der Waals surface area contributed by atoms with Crippen LogP contribution in [0.25, 0.3) is 0 Å². The van der Waals surface area contributed by atoms with E-state index in [1.165, 1.54) is 20.0 Å². The molecule has 142 valence electrons. The van der Waals surface area contributed by atoms with Gasteiger partial charge in [-0.1, -0.05) is 31.7 Å². The number of anilines is 2. The third kappa shape index (κ3) is 5.29. The number of hydrogen-bond donors (Lipinski definition) is 2. The van der Waals surface area contributed by atoms with Crippen LogP contribution in [0.5, 0.6) is 0 Å². The zero-order valence-corrected chi connectivity index (χ0v) is 15.5. The van der Waals surface area contributed by atoms with E-state index in [1.54, 1.807) is 36.5 Å². The number of aromatic nitrogens is 1. The van der Waals surface area contributed by atoms with E-state index in [4.69, 9.17) is 4.74 Å². The van der Waals surface area contributed by atoms with Crippen molar-refractivity contribution in [2.24, 2.45) is 0 Å². The quantitative estimate of drug-likeness (QED) is 0.615. The normalized spacial score (nSPS) is 14.9. The third-order valence-electron chi connectivity index (χ3n) is 4.76. The largest absolute Gasteiger partial charge is 0.465 e. The van der Waals surface area contributed by atoms with Gasteiger partial charge < -0.3 is 15.4 Å². The minimum atomic E-state index is -0.392. The van der Waals surface area contributed by atoms with Gasteiger partial charge >= 0.3 is 5.97 Å². The summed E-state index contributed by atoms with van der Waals surface area (Å²) < 4.78 is 4.74. The molecule has 0 bridgehead atoms. The van der Waals surface area contributed by atoms with Crippen LogP contribution < -0.4 is 10.6 Å². The van der Waals surface area contributed by atoms with E-state index in [1.807, 2.05) is 6.07 Å². The molecule has 27 heavy (non-hydrogen) atoms. The Balaban J connectivity index is 1.68. The van der Waals surface area contributed by atoms with Gasteiger partial charge in [-0.3, -0.25) is 9.78 Å². The van der Waals surface area contributed by atoms with E-state index in [9.17, 15) is 9.59 Å². The number of ether oxygens (including phenoxy) is 1. The predicted molar refractivity (Wildman–Crippen MR) is 104 cm³/mol. The fraction of sp³-hybridized carbons (Fsp3) is 0.381. The molecule has 0 aliphatic heterocycles. The van der Waals surface area contributed by atoms with Crippen molar-refractivity contribution in [1.29, 1.82) is 0 Å². The van der Waals surface area contributed by atoms with Crippen molar-refractivity contribution in [2.75, 3.05) is 12.4 Å². The number of nitrogens with one attached hydrogen (secondary N) is 2. The zero-order valence-electron chi connectivity index (χ0n) is 15.5. The fourth-order valence-electron chi connectivity index (χ4n) is 3.32. The molecule has 2 N–H and O–H groups in total. The second kappa shape index (κ2) is 9.16. The molecule has 6 heteroatoms. The van der Waals surface area contributed by atoms with Crippen LogP contribution in [0.15, 0.2) is 42.6 Å². The smallest absolute Gasteiger partial charge is 0.337 e. The molecule has 0 saturated heterocycles. The Hall–Kier alpha value is -2.89. The molecular weight excluding hydrogens is 342 g/mol. The number of pyridine rings is 1. The van der Waals surface area contributed by atoms with Gasteiger partial charge in [0.15, 0.2) is 0 Å². The molecule has 1 fully saturated rings. The molecule has 1 heterocycles. The van der Waals surface area contributed by atoms with Crippen LogP contribution in [0, 0.1) is 0 Å². The van der Waals surface area contributed by atoms with E-state index in [0.717, 1.165) is 37.1 Å². The first-order valence-corrected chi connectivity index (χ1v) is 9.38. The van der Waals surface area contributed by atoms with Crippen LogP contribution >= 0.6 is 0 Å². The van der Waals surface area contributed by atoms with Gasteiger partial charge in [-0.2, -0.15) is 0 Å². The number of rotatable bonds is 5. The number of hydrogen-bond acceptors (Lipinski definition) is 5. The summed E-state index contributed by atoms with van der Waals surface area (Å²) in [6.45, 7) is 0. The van der Waals surface area contributed by atoms with Crippen LogP contribution in [0.4, 0.5) is 11.4 Å². The number of carbonyl (C=O) groups is 2. The lowest BCUT2D eigenvalue weighted by atomic mass is 10.1. The average Bonchev–Trinajstić information content (AvgIpc) is 2.96. The molecule has 2 aromatic rings. The lowest BCUT2D eigenvalue weighted by Crippen LogP contribution is -2.34. The third-order valence-corrected chi connectivity index (χ3v) is 4.76. The van der Waals surface area contributed by atoms with Gasteiger partial charge in [0.2, 0.25) is 0 Å². The van der Waals surface area contributed by atoms with Gasteiger partial charge in [-0.05, 0) is 43.2 Å². The minimum Gasteiger partial charge on any atom is -0.465 e. The van der Waals surface area contributed by atoms with Crippen molar-refractivity contribution >= 4 is 23.3 Å². The number of carbonyl (C=O) groups excluding carboxylic acids is 2. The lowest BCUT2D eigenvalue weighted by molar-refractivity contribution is 0.0600. The lowest BCUT2D eigenvalue weighted by Gasteiger charge is -2.16. The molecule has 1 saturated carbocycles. The summed E-state index contributed by atoms with van der Waals surface area (Å²) in [6, 6.07) is 10.7. The maximum atomic E-state index is 12.5. The summed E-state index contributed by atoms with van der Waals surface area (Å²) in [6.07, 6.45) is 8.48. The second-order valence-electron chi connectivity index (χ2n) is 6.79. The Kier molecular flexibility index (Phi) is 6.41.